The topological polar surface area (TPSA) is 61.2 Å². The highest BCUT2D eigenvalue weighted by atomic mass is 16.5. The fourth-order valence-corrected chi connectivity index (χ4v) is 3.29. The molecule has 0 amide bonds. The molecular formula is C24H26N2O3. The fraction of sp³-hybridized carbons (Fsp3) is 0.292. The first-order chi connectivity index (χ1) is 13.9. The summed E-state index contributed by atoms with van der Waals surface area (Å²) in [7, 11) is 1.62. The first kappa shape index (κ1) is 20.5. The molecule has 0 saturated heterocycles. The van der Waals surface area contributed by atoms with Crippen LogP contribution in [0.1, 0.15) is 40.9 Å². The molecule has 5 heteroatoms. The first-order valence-electron chi connectivity index (χ1n) is 9.68. The van der Waals surface area contributed by atoms with Crippen LogP contribution in [-0.4, -0.2) is 22.7 Å². The summed E-state index contributed by atoms with van der Waals surface area (Å²) in [6, 6.07) is 16.6. The van der Waals surface area contributed by atoms with Gasteiger partial charge in [-0.1, -0.05) is 42.0 Å². The maximum absolute atomic E-state index is 13.0. The van der Waals surface area contributed by atoms with Crippen molar-refractivity contribution >= 4 is 5.78 Å². The Bertz CT molecular complexity index is 1070. The van der Waals surface area contributed by atoms with Gasteiger partial charge in [0.25, 0.3) is 5.56 Å². The second-order valence-corrected chi connectivity index (χ2v) is 7.39. The number of carbonyl (C=O) groups excluding carboxylic acids is 1. The lowest BCUT2D eigenvalue weighted by Gasteiger charge is -2.15. The first-order valence-corrected chi connectivity index (χ1v) is 9.68. The van der Waals surface area contributed by atoms with Gasteiger partial charge >= 0.3 is 0 Å². The van der Waals surface area contributed by atoms with Crippen LogP contribution in [0.15, 0.2) is 59.4 Å². The van der Waals surface area contributed by atoms with Crippen molar-refractivity contribution in [2.24, 2.45) is 0 Å². The van der Waals surface area contributed by atoms with Gasteiger partial charge in [0.1, 0.15) is 11.8 Å². The molecule has 0 spiro atoms. The monoisotopic (exact) mass is 390 g/mol. The molecule has 29 heavy (non-hydrogen) atoms. The van der Waals surface area contributed by atoms with Gasteiger partial charge in [-0.3, -0.25) is 9.59 Å². The van der Waals surface area contributed by atoms with E-state index >= 15 is 0 Å². The van der Waals surface area contributed by atoms with Crippen molar-refractivity contribution in [2.45, 2.75) is 39.7 Å². The Labute approximate surface area is 171 Å². The predicted octanol–water partition coefficient (Wildman–Crippen LogP) is 3.83. The van der Waals surface area contributed by atoms with Gasteiger partial charge in [0.2, 0.25) is 0 Å². The molecule has 3 rings (SSSR count). The van der Waals surface area contributed by atoms with E-state index in [4.69, 9.17) is 4.74 Å². The smallest absolute Gasteiger partial charge is 0.270 e. The zero-order valence-corrected chi connectivity index (χ0v) is 17.3. The van der Waals surface area contributed by atoms with Crippen LogP contribution in [0.3, 0.4) is 0 Å². The molecule has 0 fully saturated rings. The van der Waals surface area contributed by atoms with E-state index in [0.29, 0.717) is 17.7 Å². The van der Waals surface area contributed by atoms with Crippen LogP contribution in [-0.2, 0) is 17.6 Å². The summed E-state index contributed by atoms with van der Waals surface area (Å²) in [5.74, 6) is 0.705. The van der Waals surface area contributed by atoms with Gasteiger partial charge in [-0.25, -0.2) is 4.68 Å². The van der Waals surface area contributed by atoms with Gasteiger partial charge in [-0.15, -0.1) is 0 Å². The van der Waals surface area contributed by atoms with Gasteiger partial charge in [-0.2, -0.15) is 5.10 Å². The van der Waals surface area contributed by atoms with Crippen molar-refractivity contribution in [3.63, 3.8) is 0 Å². The van der Waals surface area contributed by atoms with Gasteiger partial charge in [-0.05, 0) is 50.1 Å². The number of ether oxygens (including phenoxy) is 1. The minimum atomic E-state index is -0.632. The molecule has 0 aliphatic rings. The zero-order chi connectivity index (χ0) is 21.0. The van der Waals surface area contributed by atoms with Crippen molar-refractivity contribution in [3.8, 4) is 5.75 Å². The fourth-order valence-electron chi connectivity index (χ4n) is 3.29. The SMILES string of the molecule is COc1cccc(Cc2cc(C)nn(C(C)C(=O)Cc3ccc(C)cc3)c2=O)c1. The lowest BCUT2D eigenvalue weighted by Crippen LogP contribution is -2.33. The van der Waals surface area contributed by atoms with Crippen LogP contribution in [0.5, 0.6) is 5.75 Å². The molecule has 0 aliphatic carbocycles. The van der Waals surface area contributed by atoms with Gasteiger partial charge < -0.3 is 4.74 Å². The summed E-state index contributed by atoms with van der Waals surface area (Å²) in [5.41, 5.74) is 4.14. The maximum Gasteiger partial charge on any atom is 0.270 e. The molecule has 3 aromatic rings. The average molecular weight is 390 g/mol. The molecule has 1 aromatic heterocycles. The number of aryl methyl sites for hydroxylation is 2. The van der Waals surface area contributed by atoms with Gasteiger partial charge in [0.15, 0.2) is 5.78 Å². The van der Waals surface area contributed by atoms with Crippen LogP contribution in [0.4, 0.5) is 0 Å². The molecule has 150 valence electrons. The van der Waals surface area contributed by atoms with E-state index in [-0.39, 0.29) is 17.8 Å². The van der Waals surface area contributed by atoms with Crippen molar-refractivity contribution < 1.29 is 9.53 Å². The number of Topliss-reactive ketones (excluding diaryl/α,β-unsaturated/α-hetero) is 1. The number of rotatable bonds is 7. The summed E-state index contributed by atoms with van der Waals surface area (Å²) in [4.78, 5) is 25.8. The Balaban J connectivity index is 1.86. The molecule has 0 saturated carbocycles. The third-order valence-electron chi connectivity index (χ3n) is 4.99. The number of ketones is 1. The molecule has 0 aliphatic heterocycles. The lowest BCUT2D eigenvalue weighted by atomic mass is 10.0. The van der Waals surface area contributed by atoms with E-state index in [1.165, 1.54) is 4.68 Å². The molecule has 0 bridgehead atoms. The number of nitrogens with zero attached hydrogens (tertiary/aromatic N) is 2. The highest BCUT2D eigenvalue weighted by Crippen LogP contribution is 2.16. The van der Waals surface area contributed by atoms with Crippen LogP contribution in [0.25, 0.3) is 0 Å². The van der Waals surface area contributed by atoms with Crippen molar-refractivity contribution in [2.75, 3.05) is 7.11 Å². The molecule has 1 atom stereocenters. The molecule has 2 aromatic carbocycles. The van der Waals surface area contributed by atoms with E-state index < -0.39 is 6.04 Å². The summed E-state index contributed by atoms with van der Waals surface area (Å²) in [6.45, 7) is 5.58. The van der Waals surface area contributed by atoms with Crippen LogP contribution < -0.4 is 10.3 Å². The summed E-state index contributed by atoms with van der Waals surface area (Å²) in [6.07, 6.45) is 0.729. The normalized spacial score (nSPS) is 11.9. The van der Waals surface area contributed by atoms with Crippen LogP contribution >= 0.6 is 0 Å². The van der Waals surface area contributed by atoms with E-state index in [1.54, 1.807) is 20.1 Å². The van der Waals surface area contributed by atoms with Gasteiger partial charge in [0, 0.05) is 18.4 Å². The molecular weight excluding hydrogens is 364 g/mol. The number of benzene rings is 2. The highest BCUT2D eigenvalue weighted by molar-refractivity contribution is 5.84. The van der Waals surface area contributed by atoms with E-state index in [0.717, 1.165) is 22.4 Å². The lowest BCUT2D eigenvalue weighted by molar-refractivity contribution is -0.121. The predicted molar refractivity (Wildman–Crippen MR) is 114 cm³/mol. The third kappa shape index (κ3) is 4.99. The summed E-state index contributed by atoms with van der Waals surface area (Å²) < 4.78 is 6.58. The van der Waals surface area contributed by atoms with Crippen molar-refractivity contribution in [1.29, 1.82) is 0 Å². The Hall–Kier alpha value is -3.21. The summed E-state index contributed by atoms with van der Waals surface area (Å²) >= 11 is 0. The Morgan fingerprint density at radius 1 is 1.07 bits per heavy atom. The number of methoxy groups -OCH3 is 1. The van der Waals surface area contributed by atoms with Crippen LogP contribution in [0, 0.1) is 13.8 Å². The maximum atomic E-state index is 13.0. The van der Waals surface area contributed by atoms with Gasteiger partial charge in [0.05, 0.1) is 12.8 Å². The Kier molecular flexibility index (Phi) is 6.27. The van der Waals surface area contributed by atoms with Crippen molar-refractivity contribution in [3.05, 3.63) is 92.9 Å². The van der Waals surface area contributed by atoms with E-state index in [1.807, 2.05) is 62.4 Å². The largest absolute Gasteiger partial charge is 0.497 e. The highest BCUT2D eigenvalue weighted by Gasteiger charge is 2.20. The number of carbonyl (C=O) groups is 1. The molecule has 1 unspecified atom stereocenters. The van der Waals surface area contributed by atoms with Crippen molar-refractivity contribution in [1.82, 2.24) is 9.78 Å². The second kappa shape index (κ2) is 8.86. The quantitative estimate of drug-likeness (QED) is 0.615. The third-order valence-corrected chi connectivity index (χ3v) is 4.99. The number of hydrogen-bond donors (Lipinski definition) is 0. The number of hydrogen-bond acceptors (Lipinski definition) is 4. The molecule has 1 heterocycles. The number of aromatic nitrogens is 2. The Morgan fingerprint density at radius 3 is 2.48 bits per heavy atom. The molecule has 5 nitrogen and oxygen atoms in total. The second-order valence-electron chi connectivity index (χ2n) is 7.39. The van der Waals surface area contributed by atoms with Crippen LogP contribution in [0.2, 0.25) is 0 Å². The summed E-state index contributed by atoms with van der Waals surface area (Å²) in [5, 5.41) is 4.34. The molecule has 0 radical (unpaired) electrons. The average Bonchev–Trinajstić information content (AvgIpc) is 2.71. The van der Waals surface area contributed by atoms with E-state index in [2.05, 4.69) is 5.10 Å². The zero-order valence-electron chi connectivity index (χ0n) is 17.3. The minimum absolute atomic E-state index is 0.0404. The standard InChI is InChI=1S/C24H26N2O3/c1-16-8-10-19(11-9-16)15-23(27)18(3)26-24(28)21(12-17(2)25-26)13-20-6-5-7-22(14-20)29-4/h5-12,14,18H,13,15H2,1-4H3. The minimum Gasteiger partial charge on any atom is -0.497 e. The molecule has 0 N–H and O–H groups in total. The Morgan fingerprint density at radius 2 is 1.79 bits per heavy atom. The van der Waals surface area contributed by atoms with E-state index in [9.17, 15) is 9.59 Å².